The van der Waals surface area contributed by atoms with Gasteiger partial charge in [-0.1, -0.05) is 38.4 Å². The van der Waals surface area contributed by atoms with Crippen LogP contribution in [-0.4, -0.2) is 5.97 Å². The van der Waals surface area contributed by atoms with E-state index in [1.807, 2.05) is 0 Å². The largest absolute Gasteiger partial charge is 0.420 e. The van der Waals surface area contributed by atoms with Crippen molar-refractivity contribution in [1.82, 2.24) is 0 Å². The van der Waals surface area contributed by atoms with Crippen molar-refractivity contribution < 1.29 is 13.9 Å². The summed E-state index contributed by atoms with van der Waals surface area (Å²) >= 11 is 16.9. The van der Waals surface area contributed by atoms with Crippen LogP contribution in [0.3, 0.4) is 0 Å². The van der Waals surface area contributed by atoms with E-state index < -0.39 is 11.8 Å². The Morgan fingerprint density at radius 1 is 1.05 bits per heavy atom. The van der Waals surface area contributed by atoms with Crippen LogP contribution in [-0.2, 0) is 15.5 Å². The average molecular weight is 589 g/mol. The normalized spacial score (nSPS) is 10.4. The second-order valence-corrected chi connectivity index (χ2v) is 6.79. The van der Waals surface area contributed by atoms with Crippen LogP contribution < -0.4 is 4.74 Å². The summed E-state index contributed by atoms with van der Waals surface area (Å²) in [6, 6.07) is 0. The van der Waals surface area contributed by atoms with Crippen molar-refractivity contribution in [3.05, 3.63) is 37.0 Å². The molecule has 0 amide bonds. The topological polar surface area (TPSA) is 26.3 Å². The molecule has 0 bridgehead atoms. The first-order chi connectivity index (χ1) is 8.84. The molecule has 0 saturated heterocycles. The number of alkyl halides is 2. The van der Waals surface area contributed by atoms with Gasteiger partial charge in [0.05, 0.1) is 4.47 Å². The predicted octanol–water partition coefficient (Wildman–Crippen LogP) is 6.15. The highest BCUT2D eigenvalue weighted by atomic mass is 79.9. The second kappa shape index (κ2) is 7.68. The van der Waals surface area contributed by atoms with E-state index in [4.69, 9.17) is 4.74 Å². The van der Waals surface area contributed by atoms with Crippen LogP contribution in [0.25, 0.3) is 0 Å². The molecule has 0 heterocycles. The molecule has 19 heavy (non-hydrogen) atoms. The lowest BCUT2D eigenvalue weighted by Crippen LogP contribution is -2.10. The SMILES string of the molecule is C=C(F)C(=O)Oc1c(Br)c(CBr)c(Br)c(Br)c1CBr. The van der Waals surface area contributed by atoms with Crippen LogP contribution in [0.15, 0.2) is 25.8 Å². The van der Waals surface area contributed by atoms with Gasteiger partial charge in [-0.05, 0) is 53.4 Å². The summed E-state index contributed by atoms with van der Waals surface area (Å²) < 4.78 is 20.0. The minimum Gasteiger partial charge on any atom is -0.420 e. The van der Waals surface area contributed by atoms with Crippen LogP contribution in [0, 0.1) is 0 Å². The molecule has 0 aliphatic rings. The molecular weight excluding hydrogens is 583 g/mol. The standard InChI is InChI=1S/C11H6Br5FO2/c1-4(17)11(18)19-10-6(3-13)8(15)7(14)5(2-12)9(10)16/h1-3H2. The molecule has 0 atom stereocenters. The number of benzene rings is 1. The van der Waals surface area contributed by atoms with E-state index in [0.717, 1.165) is 14.5 Å². The molecule has 104 valence electrons. The maximum Gasteiger partial charge on any atom is 0.371 e. The fraction of sp³-hybridized carbons (Fsp3) is 0.182. The van der Waals surface area contributed by atoms with Gasteiger partial charge in [-0.15, -0.1) is 0 Å². The average Bonchev–Trinajstić information content (AvgIpc) is 2.36. The van der Waals surface area contributed by atoms with E-state index in [-0.39, 0.29) is 5.75 Å². The lowest BCUT2D eigenvalue weighted by molar-refractivity contribution is -0.131. The Kier molecular flexibility index (Phi) is 7.20. The number of rotatable bonds is 4. The van der Waals surface area contributed by atoms with Crippen LogP contribution in [0.5, 0.6) is 5.75 Å². The Hall–Kier alpha value is 0.760. The predicted molar refractivity (Wildman–Crippen MR) is 90.7 cm³/mol. The third-order valence-corrected chi connectivity index (χ3v) is 6.39. The number of carbonyl (C=O) groups excluding carboxylic acids is 1. The molecule has 2 nitrogen and oxygen atoms in total. The maximum absolute atomic E-state index is 12.8. The van der Waals surface area contributed by atoms with E-state index in [1.165, 1.54) is 0 Å². The van der Waals surface area contributed by atoms with Gasteiger partial charge in [0.15, 0.2) is 5.75 Å². The molecule has 0 saturated carbocycles. The first-order valence-corrected chi connectivity index (χ1v) is 9.34. The first-order valence-electron chi connectivity index (χ1n) is 4.71. The Morgan fingerprint density at radius 3 is 1.95 bits per heavy atom. The smallest absolute Gasteiger partial charge is 0.371 e. The maximum atomic E-state index is 12.8. The molecule has 0 fully saturated rings. The third-order valence-electron chi connectivity index (χ3n) is 2.14. The molecule has 1 rings (SSSR count). The van der Waals surface area contributed by atoms with E-state index in [1.54, 1.807) is 0 Å². The van der Waals surface area contributed by atoms with Gasteiger partial charge in [-0.2, -0.15) is 4.39 Å². The number of halogens is 6. The summed E-state index contributed by atoms with van der Waals surface area (Å²) in [7, 11) is 0. The summed E-state index contributed by atoms with van der Waals surface area (Å²) in [6.45, 7) is 2.92. The molecule has 8 heteroatoms. The van der Waals surface area contributed by atoms with E-state index in [9.17, 15) is 9.18 Å². The monoisotopic (exact) mass is 584 g/mol. The zero-order chi connectivity index (χ0) is 14.7. The highest BCUT2D eigenvalue weighted by Gasteiger charge is 2.23. The lowest BCUT2D eigenvalue weighted by atomic mass is 10.1. The molecule has 0 N–H and O–H groups in total. The molecule has 0 spiro atoms. The molecular formula is C11H6Br5FO2. The first kappa shape index (κ1) is 17.8. The van der Waals surface area contributed by atoms with Crippen molar-refractivity contribution in [1.29, 1.82) is 0 Å². The number of hydrogen-bond donors (Lipinski definition) is 0. The van der Waals surface area contributed by atoms with Gasteiger partial charge >= 0.3 is 5.97 Å². The fourth-order valence-electron chi connectivity index (χ4n) is 1.22. The van der Waals surface area contributed by atoms with Crippen molar-refractivity contribution in [3.63, 3.8) is 0 Å². The summed E-state index contributed by atoms with van der Waals surface area (Å²) in [5, 5.41) is 0.950. The third kappa shape index (κ3) is 3.90. The highest BCUT2D eigenvalue weighted by molar-refractivity contribution is 9.13. The summed E-state index contributed by atoms with van der Waals surface area (Å²) in [6.07, 6.45) is 0. The molecule has 1 aromatic rings. The molecule has 1 aromatic carbocycles. The Labute approximate surface area is 151 Å². The number of carbonyl (C=O) groups is 1. The van der Waals surface area contributed by atoms with E-state index in [2.05, 4.69) is 86.2 Å². The van der Waals surface area contributed by atoms with Gasteiger partial charge in [0.1, 0.15) is 0 Å². The minimum atomic E-state index is -1.15. The number of esters is 1. The zero-order valence-electron chi connectivity index (χ0n) is 9.21. The van der Waals surface area contributed by atoms with Crippen LogP contribution in [0.1, 0.15) is 11.1 Å². The van der Waals surface area contributed by atoms with Gasteiger partial charge in [0, 0.05) is 25.2 Å². The lowest BCUT2D eigenvalue weighted by Gasteiger charge is -2.16. The van der Waals surface area contributed by atoms with E-state index >= 15 is 0 Å². The Bertz CT molecular complexity index is 545. The molecule has 0 unspecified atom stereocenters. The summed E-state index contributed by atoms with van der Waals surface area (Å²) in [5.74, 6) is -2.00. The van der Waals surface area contributed by atoms with Crippen molar-refractivity contribution in [2.24, 2.45) is 0 Å². The number of ether oxygens (including phenoxy) is 1. The molecule has 0 aliphatic heterocycles. The van der Waals surface area contributed by atoms with Crippen molar-refractivity contribution in [2.75, 3.05) is 0 Å². The van der Waals surface area contributed by atoms with Crippen molar-refractivity contribution >= 4 is 85.6 Å². The molecule has 0 aromatic heterocycles. The molecule has 0 aliphatic carbocycles. The van der Waals surface area contributed by atoms with Crippen LogP contribution in [0.4, 0.5) is 4.39 Å². The minimum absolute atomic E-state index is 0.255. The van der Waals surface area contributed by atoms with Crippen molar-refractivity contribution in [3.8, 4) is 5.75 Å². The highest BCUT2D eigenvalue weighted by Crippen LogP contribution is 2.45. The quantitative estimate of drug-likeness (QED) is 0.139. The van der Waals surface area contributed by atoms with E-state index in [0.29, 0.717) is 20.7 Å². The van der Waals surface area contributed by atoms with Gasteiger partial charge in [-0.3, -0.25) is 0 Å². The zero-order valence-corrected chi connectivity index (χ0v) is 17.1. The summed E-state index contributed by atoms with van der Waals surface area (Å²) in [5.41, 5.74) is 1.52. The van der Waals surface area contributed by atoms with Gasteiger partial charge in [-0.25, -0.2) is 4.79 Å². The van der Waals surface area contributed by atoms with Gasteiger partial charge in [0.2, 0.25) is 5.83 Å². The second-order valence-electron chi connectivity index (χ2n) is 3.29. The molecule has 0 radical (unpaired) electrons. The fourth-order valence-corrected chi connectivity index (χ4v) is 5.51. The summed E-state index contributed by atoms with van der Waals surface area (Å²) in [4.78, 5) is 11.4. The Balaban J connectivity index is 3.48. The van der Waals surface area contributed by atoms with Crippen LogP contribution in [0.2, 0.25) is 0 Å². The van der Waals surface area contributed by atoms with Crippen molar-refractivity contribution in [2.45, 2.75) is 10.7 Å². The van der Waals surface area contributed by atoms with Gasteiger partial charge < -0.3 is 4.74 Å². The van der Waals surface area contributed by atoms with Crippen LogP contribution >= 0.6 is 79.6 Å². The number of hydrogen-bond acceptors (Lipinski definition) is 2. The Morgan fingerprint density at radius 2 is 1.53 bits per heavy atom. The van der Waals surface area contributed by atoms with Gasteiger partial charge in [0.25, 0.3) is 0 Å².